The predicted octanol–water partition coefficient (Wildman–Crippen LogP) is 2.43. The number of aromatic nitrogens is 4. The van der Waals surface area contributed by atoms with Gasteiger partial charge in [0, 0.05) is 43.4 Å². The maximum atomic E-state index is 11.4. The Bertz CT molecular complexity index is 925. The number of carboxylic acids is 1. The molecule has 0 aliphatic carbocycles. The topological polar surface area (TPSA) is 84.1 Å². The molecule has 3 heterocycles. The fourth-order valence-corrected chi connectivity index (χ4v) is 3.64. The summed E-state index contributed by atoms with van der Waals surface area (Å²) in [6, 6.07) is 6.91. The SMILES string of the molecule is O=C(O)c1ccccc1-n1cc(CN2CCC(Cc3cnccn3)C2)cn1. The first-order chi connectivity index (χ1) is 13.2. The van der Waals surface area contributed by atoms with Crippen LogP contribution in [0.25, 0.3) is 5.69 Å². The summed E-state index contributed by atoms with van der Waals surface area (Å²) in [5.41, 5.74) is 2.95. The van der Waals surface area contributed by atoms with Gasteiger partial charge in [-0.25, -0.2) is 9.48 Å². The molecule has 1 aromatic carbocycles. The number of carbonyl (C=O) groups is 1. The van der Waals surface area contributed by atoms with E-state index < -0.39 is 5.97 Å². The van der Waals surface area contributed by atoms with Crippen molar-refractivity contribution in [2.24, 2.45) is 5.92 Å². The predicted molar refractivity (Wildman–Crippen MR) is 99.6 cm³/mol. The second-order valence-electron chi connectivity index (χ2n) is 6.91. The molecule has 1 atom stereocenters. The standard InChI is InChI=1S/C20H21N5O2/c26-20(27)18-3-1-2-4-19(18)25-14-16(10-23-25)13-24-8-5-15(12-24)9-17-11-21-6-7-22-17/h1-4,6-7,10-11,14-15H,5,8-9,12-13H2,(H,26,27). The van der Waals surface area contributed by atoms with Crippen LogP contribution in [0.2, 0.25) is 0 Å². The summed E-state index contributed by atoms with van der Waals surface area (Å²) >= 11 is 0. The van der Waals surface area contributed by atoms with Crippen molar-refractivity contribution >= 4 is 5.97 Å². The molecule has 0 bridgehead atoms. The van der Waals surface area contributed by atoms with Gasteiger partial charge in [0.25, 0.3) is 0 Å². The molecule has 0 spiro atoms. The van der Waals surface area contributed by atoms with Crippen LogP contribution < -0.4 is 0 Å². The van der Waals surface area contributed by atoms with Crippen molar-refractivity contribution < 1.29 is 9.90 Å². The number of hydrogen-bond acceptors (Lipinski definition) is 5. The average Bonchev–Trinajstić information content (AvgIpc) is 3.32. The van der Waals surface area contributed by atoms with Gasteiger partial charge >= 0.3 is 5.97 Å². The molecule has 138 valence electrons. The van der Waals surface area contributed by atoms with Crippen molar-refractivity contribution in [3.63, 3.8) is 0 Å². The summed E-state index contributed by atoms with van der Waals surface area (Å²) in [6.45, 7) is 2.88. The van der Waals surface area contributed by atoms with E-state index in [4.69, 9.17) is 0 Å². The van der Waals surface area contributed by atoms with Crippen molar-refractivity contribution in [2.75, 3.05) is 13.1 Å². The summed E-state index contributed by atoms with van der Waals surface area (Å²) in [5, 5.41) is 13.7. The molecule has 0 radical (unpaired) electrons. The molecule has 1 N–H and O–H groups in total. The van der Waals surface area contributed by atoms with Crippen LogP contribution in [-0.4, -0.2) is 48.8 Å². The van der Waals surface area contributed by atoms with E-state index in [9.17, 15) is 9.90 Å². The first-order valence-electron chi connectivity index (χ1n) is 9.02. The molecule has 4 rings (SSSR count). The molecule has 7 nitrogen and oxygen atoms in total. The smallest absolute Gasteiger partial charge is 0.337 e. The fourth-order valence-electron chi connectivity index (χ4n) is 3.64. The fraction of sp³-hybridized carbons (Fsp3) is 0.300. The maximum absolute atomic E-state index is 11.4. The number of carboxylic acid groups (broad SMARTS) is 1. The van der Waals surface area contributed by atoms with Crippen LogP contribution in [0, 0.1) is 5.92 Å². The van der Waals surface area contributed by atoms with Gasteiger partial charge in [-0.2, -0.15) is 5.10 Å². The minimum absolute atomic E-state index is 0.248. The molecule has 1 aliphatic heterocycles. The minimum atomic E-state index is -0.950. The van der Waals surface area contributed by atoms with Crippen LogP contribution in [0.5, 0.6) is 0 Å². The van der Waals surface area contributed by atoms with Gasteiger partial charge in [0.1, 0.15) is 0 Å². The van der Waals surface area contributed by atoms with Gasteiger partial charge < -0.3 is 5.11 Å². The Hall–Kier alpha value is -3.06. The zero-order valence-electron chi connectivity index (χ0n) is 14.9. The van der Waals surface area contributed by atoms with E-state index in [2.05, 4.69) is 20.0 Å². The third-order valence-electron chi connectivity index (χ3n) is 4.91. The highest BCUT2D eigenvalue weighted by atomic mass is 16.4. The summed E-state index contributed by atoms with van der Waals surface area (Å²) in [6.07, 6.45) is 11.1. The molecule has 2 aromatic heterocycles. The first-order valence-corrected chi connectivity index (χ1v) is 9.02. The Morgan fingerprint density at radius 1 is 1.22 bits per heavy atom. The molecule has 1 aliphatic rings. The van der Waals surface area contributed by atoms with Gasteiger partial charge in [-0.15, -0.1) is 0 Å². The lowest BCUT2D eigenvalue weighted by Gasteiger charge is -2.14. The second-order valence-corrected chi connectivity index (χ2v) is 6.91. The Balaban J connectivity index is 1.40. The lowest BCUT2D eigenvalue weighted by Crippen LogP contribution is -2.20. The molecule has 3 aromatic rings. The second kappa shape index (κ2) is 7.67. The third kappa shape index (κ3) is 4.03. The summed E-state index contributed by atoms with van der Waals surface area (Å²) < 4.78 is 1.64. The number of rotatable bonds is 6. The van der Waals surface area contributed by atoms with E-state index in [0.717, 1.165) is 43.7 Å². The molecule has 0 saturated carbocycles. The number of benzene rings is 1. The number of likely N-dealkylation sites (tertiary alicyclic amines) is 1. The Morgan fingerprint density at radius 3 is 2.93 bits per heavy atom. The summed E-state index contributed by atoms with van der Waals surface area (Å²) in [4.78, 5) is 22.3. The van der Waals surface area contributed by atoms with Crippen LogP contribution in [-0.2, 0) is 13.0 Å². The summed E-state index contributed by atoms with van der Waals surface area (Å²) in [7, 11) is 0. The van der Waals surface area contributed by atoms with Gasteiger partial charge in [0.15, 0.2) is 0 Å². The minimum Gasteiger partial charge on any atom is -0.478 e. The van der Waals surface area contributed by atoms with Crippen molar-refractivity contribution in [3.05, 3.63) is 72.1 Å². The molecular weight excluding hydrogens is 342 g/mol. The molecule has 1 fully saturated rings. The third-order valence-corrected chi connectivity index (χ3v) is 4.91. The van der Waals surface area contributed by atoms with E-state index in [-0.39, 0.29) is 5.56 Å². The van der Waals surface area contributed by atoms with Gasteiger partial charge in [0.2, 0.25) is 0 Å². The molecule has 1 saturated heterocycles. The van der Waals surface area contributed by atoms with E-state index in [1.165, 1.54) is 0 Å². The Morgan fingerprint density at radius 2 is 2.11 bits per heavy atom. The van der Waals surface area contributed by atoms with Crippen molar-refractivity contribution in [2.45, 2.75) is 19.4 Å². The zero-order chi connectivity index (χ0) is 18.6. The zero-order valence-corrected chi connectivity index (χ0v) is 14.9. The largest absolute Gasteiger partial charge is 0.478 e. The highest BCUT2D eigenvalue weighted by molar-refractivity contribution is 5.91. The molecule has 27 heavy (non-hydrogen) atoms. The lowest BCUT2D eigenvalue weighted by molar-refractivity contribution is 0.0696. The van der Waals surface area contributed by atoms with Crippen LogP contribution >= 0.6 is 0 Å². The van der Waals surface area contributed by atoms with Crippen LogP contribution in [0.15, 0.2) is 55.2 Å². The number of hydrogen-bond donors (Lipinski definition) is 1. The van der Waals surface area contributed by atoms with Gasteiger partial charge in [-0.05, 0) is 37.4 Å². The van der Waals surface area contributed by atoms with E-state index in [0.29, 0.717) is 11.6 Å². The number of nitrogens with zero attached hydrogens (tertiary/aromatic N) is 5. The average molecular weight is 363 g/mol. The van der Waals surface area contributed by atoms with Crippen LogP contribution in [0.1, 0.15) is 28.0 Å². The van der Waals surface area contributed by atoms with E-state index in [1.807, 2.05) is 24.7 Å². The van der Waals surface area contributed by atoms with Crippen molar-refractivity contribution in [1.29, 1.82) is 0 Å². The highest BCUT2D eigenvalue weighted by Crippen LogP contribution is 2.22. The van der Waals surface area contributed by atoms with Crippen molar-refractivity contribution in [1.82, 2.24) is 24.6 Å². The molecular formula is C20H21N5O2. The molecule has 7 heteroatoms. The molecule has 1 unspecified atom stereocenters. The maximum Gasteiger partial charge on any atom is 0.337 e. The quantitative estimate of drug-likeness (QED) is 0.724. The Kier molecular flexibility index (Phi) is 4.93. The first kappa shape index (κ1) is 17.4. The Labute approximate surface area is 157 Å². The molecule has 0 amide bonds. The van der Waals surface area contributed by atoms with Crippen LogP contribution in [0.4, 0.5) is 0 Å². The van der Waals surface area contributed by atoms with Crippen molar-refractivity contribution in [3.8, 4) is 5.69 Å². The van der Waals surface area contributed by atoms with Crippen LogP contribution in [0.3, 0.4) is 0 Å². The van der Waals surface area contributed by atoms with E-state index >= 15 is 0 Å². The van der Waals surface area contributed by atoms with Gasteiger partial charge in [0.05, 0.1) is 23.1 Å². The lowest BCUT2D eigenvalue weighted by atomic mass is 10.0. The monoisotopic (exact) mass is 363 g/mol. The highest BCUT2D eigenvalue weighted by Gasteiger charge is 2.23. The van der Waals surface area contributed by atoms with Gasteiger partial charge in [-0.1, -0.05) is 12.1 Å². The number of aromatic carboxylic acids is 1. The van der Waals surface area contributed by atoms with Gasteiger partial charge in [-0.3, -0.25) is 14.9 Å². The van der Waals surface area contributed by atoms with E-state index in [1.54, 1.807) is 35.3 Å². The summed E-state index contributed by atoms with van der Waals surface area (Å²) in [5.74, 6) is -0.362. The number of para-hydroxylation sites is 1. The normalized spacial score (nSPS) is 17.3.